The van der Waals surface area contributed by atoms with Crippen LogP contribution in [0.25, 0.3) is 0 Å². The lowest BCUT2D eigenvalue weighted by Crippen LogP contribution is -2.31. The highest BCUT2D eigenvalue weighted by molar-refractivity contribution is 5.71. The van der Waals surface area contributed by atoms with Crippen LogP contribution in [0.15, 0.2) is 24.3 Å². The molecule has 6 heteroatoms. The number of benzene rings is 1. The summed E-state index contributed by atoms with van der Waals surface area (Å²) in [7, 11) is 1.29. The summed E-state index contributed by atoms with van der Waals surface area (Å²) in [4.78, 5) is 13.0. The van der Waals surface area contributed by atoms with Gasteiger partial charge in [0.1, 0.15) is 0 Å². The van der Waals surface area contributed by atoms with Gasteiger partial charge < -0.3 is 4.74 Å². The third-order valence-electron chi connectivity index (χ3n) is 2.78. The number of esters is 1. The van der Waals surface area contributed by atoms with Crippen molar-refractivity contribution in [3.05, 3.63) is 35.4 Å². The molecule has 0 saturated heterocycles. The van der Waals surface area contributed by atoms with Crippen LogP contribution in [0.5, 0.6) is 0 Å². The van der Waals surface area contributed by atoms with Gasteiger partial charge in [0.05, 0.1) is 19.2 Å². The molecule has 1 rings (SSSR count). The van der Waals surface area contributed by atoms with Crippen LogP contribution in [0, 0.1) is 0 Å². The van der Waals surface area contributed by atoms with Gasteiger partial charge in [0, 0.05) is 6.54 Å². The number of ether oxygens (including phenoxy) is 1. The van der Waals surface area contributed by atoms with E-state index < -0.39 is 17.7 Å². The van der Waals surface area contributed by atoms with Gasteiger partial charge in [-0.2, -0.15) is 13.2 Å². The third-order valence-corrected chi connectivity index (χ3v) is 2.78. The van der Waals surface area contributed by atoms with Crippen LogP contribution in [0.2, 0.25) is 0 Å². The molecule has 0 amide bonds. The Morgan fingerprint density at radius 3 is 2.60 bits per heavy atom. The zero-order chi connectivity index (χ0) is 15.2. The first-order chi connectivity index (χ1) is 9.36. The summed E-state index contributed by atoms with van der Waals surface area (Å²) in [6.07, 6.45) is -3.55. The number of alkyl halides is 3. The molecule has 0 unspecified atom stereocenters. The maximum atomic E-state index is 12.6. The molecule has 0 fully saturated rings. The van der Waals surface area contributed by atoms with Crippen molar-refractivity contribution in [1.29, 1.82) is 0 Å². The largest absolute Gasteiger partial charge is 0.468 e. The number of hydrogen-bond donors (Lipinski definition) is 0. The summed E-state index contributed by atoms with van der Waals surface area (Å²) >= 11 is 0. The Balaban J connectivity index is 2.80. The van der Waals surface area contributed by atoms with Crippen molar-refractivity contribution < 1.29 is 22.7 Å². The average Bonchev–Trinajstić information content (AvgIpc) is 2.38. The van der Waals surface area contributed by atoms with Crippen molar-refractivity contribution in [3.8, 4) is 0 Å². The average molecular weight is 289 g/mol. The molecule has 1 aromatic carbocycles. The monoisotopic (exact) mass is 289 g/mol. The van der Waals surface area contributed by atoms with E-state index in [2.05, 4.69) is 4.74 Å². The molecule has 0 atom stereocenters. The molecule has 1 aromatic rings. The third kappa shape index (κ3) is 5.21. The highest BCUT2D eigenvalue weighted by atomic mass is 19.4. The lowest BCUT2D eigenvalue weighted by molar-refractivity contribution is -0.142. The van der Waals surface area contributed by atoms with Gasteiger partial charge in [0.2, 0.25) is 0 Å². The van der Waals surface area contributed by atoms with Crippen LogP contribution in [0.1, 0.15) is 24.5 Å². The predicted molar refractivity (Wildman–Crippen MR) is 69.0 cm³/mol. The molecule has 0 aliphatic rings. The standard InChI is InChI=1S/C14H18F3NO2/c1-3-7-18(10-13(19)20-2)9-11-5-4-6-12(8-11)14(15,16)17/h4-6,8H,3,7,9-10H2,1-2H3. The Hall–Kier alpha value is -1.56. The second kappa shape index (κ2) is 7.28. The van der Waals surface area contributed by atoms with Crippen molar-refractivity contribution in [3.63, 3.8) is 0 Å². The fourth-order valence-electron chi connectivity index (χ4n) is 1.88. The molecular weight excluding hydrogens is 271 g/mol. The van der Waals surface area contributed by atoms with E-state index in [4.69, 9.17) is 0 Å². The Bertz CT molecular complexity index is 446. The fourth-order valence-corrected chi connectivity index (χ4v) is 1.88. The van der Waals surface area contributed by atoms with E-state index in [1.54, 1.807) is 11.0 Å². The predicted octanol–water partition coefficient (Wildman–Crippen LogP) is 3.09. The SMILES string of the molecule is CCCN(CC(=O)OC)Cc1cccc(C(F)(F)F)c1. The van der Waals surface area contributed by atoms with Gasteiger partial charge >= 0.3 is 12.1 Å². The molecule has 0 aliphatic carbocycles. The van der Waals surface area contributed by atoms with Crippen LogP contribution in [-0.2, 0) is 22.3 Å². The molecule has 0 bridgehead atoms. The van der Waals surface area contributed by atoms with Crippen molar-refractivity contribution >= 4 is 5.97 Å². The number of halogens is 3. The zero-order valence-corrected chi connectivity index (χ0v) is 11.5. The maximum absolute atomic E-state index is 12.6. The van der Waals surface area contributed by atoms with Gasteiger partial charge in [0.25, 0.3) is 0 Å². The van der Waals surface area contributed by atoms with E-state index in [9.17, 15) is 18.0 Å². The molecule has 20 heavy (non-hydrogen) atoms. The molecule has 0 spiro atoms. The highest BCUT2D eigenvalue weighted by Crippen LogP contribution is 2.29. The molecular formula is C14H18F3NO2. The number of nitrogens with zero attached hydrogens (tertiary/aromatic N) is 1. The Morgan fingerprint density at radius 1 is 1.35 bits per heavy atom. The Morgan fingerprint density at radius 2 is 2.05 bits per heavy atom. The number of carbonyl (C=O) groups is 1. The topological polar surface area (TPSA) is 29.5 Å². The maximum Gasteiger partial charge on any atom is 0.416 e. The van der Waals surface area contributed by atoms with Crippen molar-refractivity contribution in [1.82, 2.24) is 4.90 Å². The zero-order valence-electron chi connectivity index (χ0n) is 11.5. The summed E-state index contributed by atoms with van der Waals surface area (Å²) in [5.74, 6) is -0.398. The molecule has 0 N–H and O–H groups in total. The van der Waals surface area contributed by atoms with E-state index in [1.165, 1.54) is 13.2 Å². The minimum Gasteiger partial charge on any atom is -0.468 e. The molecule has 3 nitrogen and oxygen atoms in total. The lowest BCUT2D eigenvalue weighted by Gasteiger charge is -2.20. The second-order valence-electron chi connectivity index (χ2n) is 4.48. The van der Waals surface area contributed by atoms with Crippen LogP contribution in [0.4, 0.5) is 13.2 Å². The minimum atomic E-state index is -4.35. The van der Waals surface area contributed by atoms with Gasteiger partial charge in [0.15, 0.2) is 0 Å². The first-order valence-corrected chi connectivity index (χ1v) is 6.32. The number of hydrogen-bond acceptors (Lipinski definition) is 3. The van der Waals surface area contributed by atoms with E-state index in [0.29, 0.717) is 12.1 Å². The van der Waals surface area contributed by atoms with Crippen LogP contribution in [0.3, 0.4) is 0 Å². The molecule has 0 radical (unpaired) electrons. The van der Waals surface area contributed by atoms with Gasteiger partial charge in [-0.05, 0) is 24.6 Å². The van der Waals surface area contributed by atoms with Crippen molar-refractivity contribution in [2.45, 2.75) is 26.1 Å². The first-order valence-electron chi connectivity index (χ1n) is 6.32. The molecule has 0 aliphatic heterocycles. The summed E-state index contributed by atoms with van der Waals surface area (Å²) < 4.78 is 42.5. The molecule has 112 valence electrons. The fraction of sp³-hybridized carbons (Fsp3) is 0.500. The number of methoxy groups -OCH3 is 1. The van der Waals surface area contributed by atoms with Gasteiger partial charge in [-0.15, -0.1) is 0 Å². The smallest absolute Gasteiger partial charge is 0.416 e. The molecule has 0 saturated carbocycles. The van der Waals surface area contributed by atoms with Crippen LogP contribution in [-0.4, -0.2) is 31.1 Å². The summed E-state index contributed by atoms with van der Waals surface area (Å²) in [6.45, 7) is 2.91. The van der Waals surface area contributed by atoms with E-state index >= 15 is 0 Å². The minimum absolute atomic E-state index is 0.0700. The Kier molecular flexibility index (Phi) is 6.01. The molecule has 0 aromatic heterocycles. The number of carbonyl (C=O) groups excluding carboxylic acids is 1. The number of rotatable bonds is 6. The van der Waals surface area contributed by atoms with Crippen molar-refractivity contribution in [2.75, 3.05) is 20.2 Å². The quantitative estimate of drug-likeness (QED) is 0.754. The van der Waals surface area contributed by atoms with E-state index in [1.807, 2.05) is 6.92 Å². The van der Waals surface area contributed by atoms with E-state index in [-0.39, 0.29) is 13.1 Å². The molecule has 0 heterocycles. The van der Waals surface area contributed by atoms with Crippen LogP contribution >= 0.6 is 0 Å². The van der Waals surface area contributed by atoms with Crippen LogP contribution < -0.4 is 0 Å². The summed E-state index contributed by atoms with van der Waals surface area (Å²) in [5, 5.41) is 0. The van der Waals surface area contributed by atoms with E-state index in [0.717, 1.165) is 18.6 Å². The second-order valence-corrected chi connectivity index (χ2v) is 4.48. The Labute approximate surface area is 116 Å². The highest BCUT2D eigenvalue weighted by Gasteiger charge is 2.30. The normalized spacial score (nSPS) is 11.7. The van der Waals surface area contributed by atoms with Gasteiger partial charge in [-0.3, -0.25) is 9.69 Å². The lowest BCUT2D eigenvalue weighted by atomic mass is 10.1. The van der Waals surface area contributed by atoms with Gasteiger partial charge in [-0.25, -0.2) is 0 Å². The first kappa shape index (κ1) is 16.5. The van der Waals surface area contributed by atoms with Crippen molar-refractivity contribution in [2.24, 2.45) is 0 Å². The summed E-state index contributed by atoms with van der Waals surface area (Å²) in [5.41, 5.74) is -0.151. The van der Waals surface area contributed by atoms with Gasteiger partial charge in [-0.1, -0.05) is 25.1 Å². The summed E-state index contributed by atoms with van der Waals surface area (Å²) in [6, 6.07) is 5.14.